The van der Waals surface area contributed by atoms with Crippen molar-refractivity contribution in [3.63, 3.8) is 0 Å². The molecule has 3 nitrogen and oxygen atoms in total. The molecule has 0 unspecified atom stereocenters. The second kappa shape index (κ2) is 9.13. The van der Waals surface area contributed by atoms with Gasteiger partial charge in [-0.15, -0.1) is 11.3 Å². The highest BCUT2D eigenvalue weighted by atomic mass is 35.5. The molecule has 144 valence electrons. The molecular formula is C22H20ClFN2OS. The van der Waals surface area contributed by atoms with Crippen LogP contribution in [0.25, 0.3) is 17.3 Å². The molecule has 0 saturated carbocycles. The van der Waals surface area contributed by atoms with E-state index in [4.69, 9.17) is 11.6 Å². The summed E-state index contributed by atoms with van der Waals surface area (Å²) in [6, 6.07) is 12.7. The topological polar surface area (TPSA) is 42.0 Å². The van der Waals surface area contributed by atoms with Gasteiger partial charge in [0.25, 0.3) is 0 Å². The van der Waals surface area contributed by atoms with Crippen LogP contribution >= 0.6 is 22.9 Å². The van der Waals surface area contributed by atoms with Crippen molar-refractivity contribution in [2.45, 2.75) is 20.3 Å². The Morgan fingerprint density at radius 2 is 2.00 bits per heavy atom. The van der Waals surface area contributed by atoms with Crippen LogP contribution in [-0.4, -0.2) is 10.9 Å². The van der Waals surface area contributed by atoms with Gasteiger partial charge in [-0.25, -0.2) is 9.37 Å². The zero-order valence-corrected chi connectivity index (χ0v) is 17.2. The van der Waals surface area contributed by atoms with Gasteiger partial charge >= 0.3 is 0 Å². The molecule has 0 saturated heterocycles. The summed E-state index contributed by atoms with van der Waals surface area (Å²) in [7, 11) is 0. The molecule has 2 aromatic carbocycles. The molecule has 28 heavy (non-hydrogen) atoms. The Kier molecular flexibility index (Phi) is 6.60. The van der Waals surface area contributed by atoms with E-state index >= 15 is 0 Å². The van der Waals surface area contributed by atoms with E-state index in [0.29, 0.717) is 11.0 Å². The summed E-state index contributed by atoms with van der Waals surface area (Å²) in [5.41, 5.74) is 3.27. The van der Waals surface area contributed by atoms with Crippen molar-refractivity contribution < 1.29 is 9.18 Å². The summed E-state index contributed by atoms with van der Waals surface area (Å²) >= 11 is 7.29. The Labute approximate surface area is 172 Å². The van der Waals surface area contributed by atoms with E-state index in [9.17, 15) is 9.18 Å². The van der Waals surface area contributed by atoms with Gasteiger partial charge in [-0.1, -0.05) is 55.8 Å². The van der Waals surface area contributed by atoms with E-state index in [1.807, 2.05) is 17.5 Å². The standard InChI is InChI=1S/C22H20ClFN2OS/c1-14(2)12-15-6-8-16(9-7-15)20-13-28-22(25-20)26-21(27)11-10-17-18(23)4-3-5-19(17)24/h3-11,13-14H,12H2,1-2H3,(H,25,26,27)/b11-10+. The minimum atomic E-state index is -0.478. The molecule has 6 heteroatoms. The second-order valence-electron chi connectivity index (χ2n) is 6.79. The summed E-state index contributed by atoms with van der Waals surface area (Å²) in [5.74, 6) is -0.263. The largest absolute Gasteiger partial charge is 0.298 e. The quantitative estimate of drug-likeness (QED) is 0.470. The Hall–Kier alpha value is -2.50. The van der Waals surface area contributed by atoms with Crippen LogP contribution in [0.1, 0.15) is 25.0 Å². The van der Waals surface area contributed by atoms with Crippen LogP contribution in [0.5, 0.6) is 0 Å². The molecule has 3 rings (SSSR count). The monoisotopic (exact) mass is 414 g/mol. The number of aromatic nitrogens is 1. The number of anilines is 1. The molecule has 0 fully saturated rings. The number of carbonyl (C=O) groups is 1. The third kappa shape index (κ3) is 5.27. The van der Waals surface area contributed by atoms with E-state index in [1.165, 1.54) is 41.2 Å². The van der Waals surface area contributed by atoms with Crippen LogP contribution < -0.4 is 5.32 Å². The lowest BCUT2D eigenvalue weighted by molar-refractivity contribution is -0.111. The maximum absolute atomic E-state index is 13.7. The summed E-state index contributed by atoms with van der Waals surface area (Å²) in [4.78, 5) is 16.6. The molecule has 1 heterocycles. The fourth-order valence-corrected chi connectivity index (χ4v) is 3.67. The van der Waals surface area contributed by atoms with Crippen molar-refractivity contribution in [1.82, 2.24) is 4.98 Å². The van der Waals surface area contributed by atoms with Crippen molar-refractivity contribution in [2.24, 2.45) is 5.92 Å². The first kappa shape index (κ1) is 20.2. The molecule has 0 atom stereocenters. The highest BCUT2D eigenvalue weighted by Gasteiger charge is 2.08. The van der Waals surface area contributed by atoms with Gasteiger partial charge < -0.3 is 0 Å². The number of carbonyl (C=O) groups excluding carboxylic acids is 1. The SMILES string of the molecule is CC(C)Cc1ccc(-c2csc(NC(=O)/C=C/c3c(F)cccc3Cl)n2)cc1. The van der Waals surface area contributed by atoms with Crippen molar-refractivity contribution in [2.75, 3.05) is 5.32 Å². The lowest BCUT2D eigenvalue weighted by atomic mass is 10.0. The van der Waals surface area contributed by atoms with Gasteiger partial charge in [-0.05, 0) is 36.1 Å². The molecule has 0 aliphatic carbocycles. The van der Waals surface area contributed by atoms with E-state index in [-0.39, 0.29) is 10.6 Å². The highest BCUT2D eigenvalue weighted by molar-refractivity contribution is 7.14. The number of nitrogens with one attached hydrogen (secondary N) is 1. The van der Waals surface area contributed by atoms with Crippen molar-refractivity contribution in [3.05, 3.63) is 75.9 Å². The number of hydrogen-bond acceptors (Lipinski definition) is 3. The molecule has 0 bridgehead atoms. The second-order valence-corrected chi connectivity index (χ2v) is 8.06. The fourth-order valence-electron chi connectivity index (χ4n) is 2.72. The maximum atomic E-state index is 13.7. The number of thiazole rings is 1. The smallest absolute Gasteiger partial charge is 0.250 e. The summed E-state index contributed by atoms with van der Waals surface area (Å²) in [5, 5.41) is 5.32. The van der Waals surface area contributed by atoms with Gasteiger partial charge in [-0.2, -0.15) is 0 Å². The number of nitrogens with zero attached hydrogens (tertiary/aromatic N) is 1. The van der Waals surface area contributed by atoms with Crippen molar-refractivity contribution in [3.8, 4) is 11.3 Å². The maximum Gasteiger partial charge on any atom is 0.250 e. The fraction of sp³-hybridized carbons (Fsp3) is 0.182. The van der Waals surface area contributed by atoms with Crippen LogP contribution in [0.4, 0.5) is 9.52 Å². The van der Waals surface area contributed by atoms with Crippen LogP contribution in [0.3, 0.4) is 0 Å². The number of halogens is 2. The Morgan fingerprint density at radius 1 is 1.25 bits per heavy atom. The van der Waals surface area contributed by atoms with Crippen molar-refractivity contribution in [1.29, 1.82) is 0 Å². The molecule has 1 aromatic heterocycles. The molecule has 0 aliphatic rings. The molecule has 1 amide bonds. The lowest BCUT2D eigenvalue weighted by Gasteiger charge is -2.05. The average molecular weight is 415 g/mol. The zero-order chi connectivity index (χ0) is 20.1. The molecular weight excluding hydrogens is 395 g/mol. The average Bonchev–Trinajstić information content (AvgIpc) is 3.10. The molecule has 3 aromatic rings. The number of rotatable bonds is 6. The van der Waals surface area contributed by atoms with Crippen LogP contribution in [0.2, 0.25) is 5.02 Å². The van der Waals surface area contributed by atoms with Crippen LogP contribution in [0.15, 0.2) is 53.9 Å². The predicted octanol–water partition coefficient (Wildman–Crippen LogP) is 6.45. The van der Waals surface area contributed by atoms with Gasteiger partial charge in [0.1, 0.15) is 5.82 Å². The van der Waals surface area contributed by atoms with E-state index in [0.717, 1.165) is 17.7 Å². The first-order chi connectivity index (χ1) is 13.4. The summed E-state index contributed by atoms with van der Waals surface area (Å²) in [6.45, 7) is 4.38. The van der Waals surface area contributed by atoms with Crippen LogP contribution in [0, 0.1) is 11.7 Å². The number of amides is 1. The minimum absolute atomic E-state index is 0.181. The van der Waals surface area contributed by atoms with Gasteiger partial charge in [0.2, 0.25) is 5.91 Å². The Bertz CT molecular complexity index is 976. The van der Waals surface area contributed by atoms with E-state index in [1.54, 1.807) is 6.07 Å². The number of benzene rings is 2. The third-order valence-corrected chi connectivity index (χ3v) is 5.12. The van der Waals surface area contributed by atoms with Gasteiger partial charge in [0.15, 0.2) is 5.13 Å². The summed E-state index contributed by atoms with van der Waals surface area (Å²) in [6.07, 6.45) is 3.64. The highest BCUT2D eigenvalue weighted by Crippen LogP contribution is 2.26. The Balaban J connectivity index is 1.65. The van der Waals surface area contributed by atoms with Gasteiger partial charge in [-0.3, -0.25) is 10.1 Å². The lowest BCUT2D eigenvalue weighted by Crippen LogP contribution is -2.07. The zero-order valence-electron chi connectivity index (χ0n) is 15.6. The van der Waals surface area contributed by atoms with Gasteiger partial charge in [0, 0.05) is 22.6 Å². The Morgan fingerprint density at radius 3 is 2.68 bits per heavy atom. The van der Waals surface area contributed by atoms with E-state index in [2.05, 4.69) is 36.3 Å². The normalized spacial score (nSPS) is 11.3. The molecule has 0 spiro atoms. The van der Waals surface area contributed by atoms with Gasteiger partial charge in [0.05, 0.1) is 10.7 Å². The van der Waals surface area contributed by atoms with Crippen LogP contribution in [-0.2, 0) is 11.2 Å². The van der Waals surface area contributed by atoms with E-state index < -0.39 is 11.7 Å². The summed E-state index contributed by atoms with van der Waals surface area (Å²) < 4.78 is 13.7. The predicted molar refractivity (Wildman–Crippen MR) is 115 cm³/mol. The molecule has 0 aliphatic heterocycles. The first-order valence-electron chi connectivity index (χ1n) is 8.90. The first-order valence-corrected chi connectivity index (χ1v) is 10.2. The minimum Gasteiger partial charge on any atom is -0.298 e. The molecule has 0 radical (unpaired) electrons. The molecule has 1 N–H and O–H groups in total. The third-order valence-electron chi connectivity index (χ3n) is 4.03. The van der Waals surface area contributed by atoms with Crippen molar-refractivity contribution >= 4 is 40.1 Å². The number of hydrogen-bond donors (Lipinski definition) is 1.